The first-order chi connectivity index (χ1) is 60.3. The maximum Gasteiger partial charge on any atom is 0.252 e. The molecule has 2 aliphatic rings. The van der Waals surface area contributed by atoms with E-state index in [0.29, 0.717) is 62.7 Å². The Hall–Kier alpha value is -13.4. The minimum Gasteiger partial charge on any atom is -0.311 e. The summed E-state index contributed by atoms with van der Waals surface area (Å²) < 4.78 is 129. The quantitative estimate of drug-likeness (QED) is 0.121. The molecule has 0 spiro atoms. The van der Waals surface area contributed by atoms with Crippen molar-refractivity contribution in [3.05, 3.63) is 362 Å². The first-order valence-electron chi connectivity index (χ1n) is 44.9. The molecule has 18 aromatic rings. The van der Waals surface area contributed by atoms with Crippen LogP contribution in [0.3, 0.4) is 0 Å². The van der Waals surface area contributed by atoms with Gasteiger partial charge in [0.25, 0.3) is 6.71 Å². The minimum absolute atomic E-state index is 0.0284. The van der Waals surface area contributed by atoms with Gasteiger partial charge in [0.15, 0.2) is 17.5 Å². The number of hydrogen-bond donors (Lipinski definition) is 0. The van der Waals surface area contributed by atoms with E-state index < -0.39 is 90.7 Å². The Labute approximate surface area is 679 Å². The predicted molar refractivity (Wildman–Crippen MR) is 477 cm³/mol. The van der Waals surface area contributed by atoms with Gasteiger partial charge in [0, 0.05) is 77.8 Å². The first kappa shape index (κ1) is 55.9. The monoisotopic (exact) mass is 1470 g/mol. The van der Waals surface area contributed by atoms with Crippen LogP contribution in [0.5, 0.6) is 0 Å². The van der Waals surface area contributed by atoms with Crippen molar-refractivity contribution in [3.8, 4) is 90.0 Å². The van der Waals surface area contributed by atoms with Gasteiger partial charge in [0.1, 0.15) is 0 Å². The van der Waals surface area contributed by atoms with Gasteiger partial charge in [0.05, 0.1) is 56.9 Å². The predicted octanol–water partition coefficient (Wildman–Crippen LogP) is 25.7. The third kappa shape index (κ3) is 11.8. The summed E-state index contributed by atoms with van der Waals surface area (Å²) in [5, 5.41) is 1.89. The topological polar surface area (TPSA) is 55.0 Å². The van der Waals surface area contributed by atoms with E-state index in [9.17, 15) is 16.4 Å². The van der Waals surface area contributed by atoms with E-state index in [-0.39, 0.29) is 43.9 Å². The number of anilines is 6. The first-order valence-corrected chi connectivity index (χ1v) is 38.4. The Morgan fingerprint density at radius 2 is 0.708 bits per heavy atom. The molecule has 0 atom stereocenters. The number of nitrogens with zero attached hydrogens (tertiary/aromatic N) is 7. The third-order valence-corrected chi connectivity index (χ3v) is 22.5. The molecule has 0 fully saturated rings. The Balaban J connectivity index is 1.03. The van der Waals surface area contributed by atoms with Gasteiger partial charge in [-0.15, -0.1) is 0 Å². The molecule has 8 heteroatoms. The highest BCUT2D eigenvalue weighted by Crippen LogP contribution is 2.55. The van der Waals surface area contributed by atoms with Crippen molar-refractivity contribution in [2.24, 2.45) is 0 Å². The van der Waals surface area contributed by atoms with Gasteiger partial charge in [-0.1, -0.05) is 317 Å². The number of hydrogen-bond acceptors (Lipinski definition) is 5. The Kier molecular flexibility index (Phi) is 13.2. The van der Waals surface area contributed by atoms with Crippen LogP contribution in [0.2, 0.25) is 0 Å². The molecule has 113 heavy (non-hydrogen) atoms. The largest absolute Gasteiger partial charge is 0.311 e. The van der Waals surface area contributed by atoms with Gasteiger partial charge < -0.3 is 18.9 Å². The molecule has 15 aromatic carbocycles. The molecule has 0 radical (unpaired) electrons. The van der Waals surface area contributed by atoms with Crippen LogP contribution in [0.15, 0.2) is 345 Å². The second-order valence-corrected chi connectivity index (χ2v) is 32.6. The van der Waals surface area contributed by atoms with Crippen molar-refractivity contribution >= 4 is 101 Å². The summed E-state index contributed by atoms with van der Waals surface area (Å²) in [5.74, 6) is 1.14. The Morgan fingerprint density at radius 3 is 1.26 bits per heavy atom. The molecule has 2 aliphatic heterocycles. The molecule has 0 N–H and O–H groups in total. The molecule has 5 heterocycles. The average Bonchev–Trinajstić information content (AvgIpc) is 0.867. The van der Waals surface area contributed by atoms with Crippen LogP contribution < -0.4 is 26.2 Å². The van der Waals surface area contributed by atoms with Crippen LogP contribution >= 0.6 is 0 Å². The van der Waals surface area contributed by atoms with Gasteiger partial charge in [-0.25, -0.2) is 15.0 Å². The van der Waals surface area contributed by atoms with Crippen LogP contribution in [0.1, 0.15) is 96.8 Å². The summed E-state index contributed by atoms with van der Waals surface area (Å²) in [4.78, 5) is 21.2. The normalized spacial score (nSPS) is 14.4. The van der Waals surface area contributed by atoms with Gasteiger partial charge in [-0.3, -0.25) is 0 Å². The second kappa shape index (κ2) is 26.7. The lowest BCUT2D eigenvalue weighted by Gasteiger charge is -2.46. The summed E-state index contributed by atoms with van der Waals surface area (Å²) in [6, 6.07) is 84.1. The number of fused-ring (bicyclic) bond motifs is 10. The molecule has 7 nitrogen and oxygen atoms in total. The van der Waals surface area contributed by atoms with Gasteiger partial charge in [-0.05, 0) is 174 Å². The SMILES string of the molecule is [2H]c1c([2H])c([2H])c(-c2ccc3c(c2)N(c2ccc(-c4ccccc4)cc2-c2ccccc2)c2cc(-n4c5c([2H])c([2H])c([2H])c([2H])c5c5c([2H])c([2H])c([2H])c([2H])c54)cc4c2B3c2ccc(-n3c5ccc(C(C)(C)C)cc5c5cc(C(C)(C)C)ccc53)cc2N4c2c(-c3ccccc3)cc(C(C)(C)C)cc2-c2nc(-c3ccccc3)nc(-c3ccccc3)n2)c([2H])c1[2H]. The van der Waals surface area contributed by atoms with E-state index in [1.807, 2.05) is 146 Å². The smallest absolute Gasteiger partial charge is 0.252 e. The molecule has 0 unspecified atom stereocenters. The fraction of sp³-hybridized carbons (Fsp3) is 0.114. The van der Waals surface area contributed by atoms with Gasteiger partial charge in [-0.2, -0.15) is 0 Å². The van der Waals surface area contributed by atoms with Crippen molar-refractivity contribution in [1.29, 1.82) is 0 Å². The summed E-state index contributed by atoms with van der Waals surface area (Å²) in [6.07, 6.45) is 0. The molecular formula is C105H84BN7. The number of para-hydroxylation sites is 2. The lowest BCUT2D eigenvalue weighted by molar-refractivity contribution is 0.590. The fourth-order valence-electron chi connectivity index (χ4n) is 16.8. The van der Waals surface area contributed by atoms with E-state index in [2.05, 4.69) is 198 Å². The lowest BCUT2D eigenvalue weighted by atomic mass is 9.33. The van der Waals surface area contributed by atoms with Crippen LogP contribution in [0.4, 0.5) is 34.1 Å². The molecule has 3 aromatic heterocycles. The summed E-state index contributed by atoms with van der Waals surface area (Å²) in [5.41, 5.74) is 18.0. The molecule has 0 saturated carbocycles. The van der Waals surface area contributed by atoms with Gasteiger partial charge in [0.2, 0.25) is 0 Å². The number of aromatic nitrogens is 5. The number of benzene rings is 15. The molecule has 0 bridgehead atoms. The molecule has 542 valence electrons. The highest BCUT2D eigenvalue weighted by Gasteiger charge is 2.46. The minimum atomic E-state index is -0.799. The lowest BCUT2D eigenvalue weighted by Crippen LogP contribution is -2.61. The van der Waals surface area contributed by atoms with E-state index in [1.54, 1.807) is 4.57 Å². The maximum absolute atomic E-state index is 10.3. The maximum atomic E-state index is 10.3. The van der Waals surface area contributed by atoms with E-state index in [0.717, 1.165) is 105 Å². The Bertz CT molecular complexity index is 7400. The van der Waals surface area contributed by atoms with E-state index in [4.69, 9.17) is 16.3 Å². The fourth-order valence-corrected chi connectivity index (χ4v) is 16.8. The zero-order chi connectivity index (χ0) is 87.9. The van der Waals surface area contributed by atoms with Crippen LogP contribution in [-0.2, 0) is 16.2 Å². The Morgan fingerprint density at radius 1 is 0.274 bits per heavy atom. The van der Waals surface area contributed by atoms with Crippen LogP contribution in [-0.4, -0.2) is 30.8 Å². The van der Waals surface area contributed by atoms with Gasteiger partial charge >= 0.3 is 0 Å². The molecule has 0 aliphatic carbocycles. The summed E-state index contributed by atoms with van der Waals surface area (Å²) in [6.45, 7) is 19.2. The number of rotatable bonds is 11. The molecular weight excluding hydrogens is 1370 g/mol. The van der Waals surface area contributed by atoms with Crippen LogP contribution in [0.25, 0.3) is 134 Å². The zero-order valence-corrected chi connectivity index (χ0v) is 64.1. The van der Waals surface area contributed by atoms with Crippen molar-refractivity contribution in [3.63, 3.8) is 0 Å². The molecule has 20 rings (SSSR count). The van der Waals surface area contributed by atoms with Crippen LogP contribution in [0, 0.1) is 0 Å². The standard InChI is InChI=1S/C105H84BN7/c1-103(2,3)75-50-56-92-84(60-75)85-61-76(104(4,5)6)51-57-93(85)110(92)78-52-54-88-95(64-78)113(99-83(70-38-22-13-23-39-70)62-77(105(7,8)9)63-86(99)102-108-100(71-40-24-14-25-41-71)107-101(109-102)72-42-26-15-27-43-72)97-66-79(111-89-46-30-28-44-80(89)81-45-29-31-47-90(81)111)65-96-98(97)106(88)87-53-48-74(68-34-18-11-19-35-68)59-94(87)112(96)91-55-49-73(67-32-16-10-17-33-67)58-82(91)69-36-20-12-21-37-69/h10-66H,1-9H3/i11D,18D,19D,28D,29D,30D,31D,34D,35D,44D,45D,46D,47D. The van der Waals surface area contributed by atoms with Crippen molar-refractivity contribution < 1.29 is 17.8 Å². The zero-order valence-electron chi connectivity index (χ0n) is 77.1. The molecule has 0 amide bonds. The third-order valence-electron chi connectivity index (χ3n) is 22.5. The van der Waals surface area contributed by atoms with E-state index >= 15 is 0 Å². The molecule has 0 saturated heterocycles. The summed E-state index contributed by atoms with van der Waals surface area (Å²) >= 11 is 0. The second-order valence-electron chi connectivity index (χ2n) is 32.6. The van der Waals surface area contributed by atoms with Crippen molar-refractivity contribution in [2.45, 2.75) is 78.6 Å². The average molecular weight is 1470 g/mol. The summed E-state index contributed by atoms with van der Waals surface area (Å²) in [7, 11) is 0. The van der Waals surface area contributed by atoms with Crippen molar-refractivity contribution in [2.75, 3.05) is 9.80 Å². The highest BCUT2D eigenvalue weighted by molar-refractivity contribution is 7.00. The van der Waals surface area contributed by atoms with Crippen molar-refractivity contribution in [1.82, 2.24) is 24.1 Å². The highest BCUT2D eigenvalue weighted by atomic mass is 15.2. The van der Waals surface area contributed by atoms with E-state index in [1.165, 1.54) is 0 Å².